The Morgan fingerprint density at radius 2 is 1.43 bits per heavy atom. The van der Waals surface area contributed by atoms with Crippen LogP contribution in [-0.4, -0.2) is 14.2 Å². The maximum Gasteiger partial charge on any atom is 0.161 e. The Morgan fingerprint density at radius 1 is 0.714 bits per heavy atom. The summed E-state index contributed by atoms with van der Waals surface area (Å²) in [6.07, 6.45) is 0. The minimum atomic E-state index is 0.516. The molecule has 3 aromatic carbocycles. The van der Waals surface area contributed by atoms with Crippen molar-refractivity contribution in [2.45, 2.75) is 26.6 Å². The van der Waals surface area contributed by atoms with Gasteiger partial charge in [-0.05, 0) is 36.2 Å². The molecule has 0 saturated carbocycles. The number of aryl methyl sites for hydroxylation is 1. The van der Waals surface area contributed by atoms with Crippen molar-refractivity contribution in [2.75, 3.05) is 14.2 Å². The summed E-state index contributed by atoms with van der Waals surface area (Å²) in [5.41, 5.74) is 4.64. The van der Waals surface area contributed by atoms with Crippen molar-refractivity contribution in [3.05, 3.63) is 89.0 Å². The molecule has 0 fully saturated rings. The van der Waals surface area contributed by atoms with Gasteiger partial charge in [-0.15, -0.1) is 0 Å². The molecule has 0 saturated heterocycles. The second-order valence-electron chi connectivity index (χ2n) is 6.67. The van der Waals surface area contributed by atoms with Crippen LogP contribution in [0.25, 0.3) is 0 Å². The van der Waals surface area contributed by atoms with Crippen LogP contribution in [-0.2, 0) is 19.7 Å². The third-order valence-electron chi connectivity index (χ3n) is 4.58. The lowest BCUT2D eigenvalue weighted by Gasteiger charge is -2.13. The van der Waals surface area contributed by atoms with E-state index in [1.165, 1.54) is 5.56 Å². The van der Waals surface area contributed by atoms with E-state index < -0.39 is 0 Å². The number of methoxy groups -OCH3 is 2. The normalized spacial score (nSPS) is 10.5. The number of nitrogens with one attached hydrogen (secondary N) is 1. The third-order valence-corrected chi connectivity index (χ3v) is 4.58. The maximum absolute atomic E-state index is 5.95. The molecular weight excluding hydrogens is 350 g/mol. The largest absolute Gasteiger partial charge is 0.496 e. The molecule has 1 N–H and O–H groups in total. The van der Waals surface area contributed by atoms with Crippen molar-refractivity contribution < 1.29 is 14.2 Å². The van der Waals surface area contributed by atoms with Crippen LogP contribution in [0.3, 0.4) is 0 Å². The van der Waals surface area contributed by atoms with E-state index in [2.05, 4.69) is 48.6 Å². The summed E-state index contributed by atoms with van der Waals surface area (Å²) in [6.45, 7) is 4.06. The van der Waals surface area contributed by atoms with Gasteiger partial charge in [0.25, 0.3) is 0 Å². The van der Waals surface area contributed by atoms with Crippen LogP contribution in [0, 0.1) is 6.92 Å². The molecule has 3 aromatic rings. The van der Waals surface area contributed by atoms with Crippen molar-refractivity contribution in [2.24, 2.45) is 0 Å². The Kier molecular flexibility index (Phi) is 6.93. The van der Waals surface area contributed by atoms with Crippen LogP contribution in [0.2, 0.25) is 0 Å². The zero-order valence-electron chi connectivity index (χ0n) is 16.7. The summed E-state index contributed by atoms with van der Waals surface area (Å²) in [4.78, 5) is 0. The molecule has 3 rings (SSSR count). The van der Waals surface area contributed by atoms with Crippen LogP contribution in [0.1, 0.15) is 22.3 Å². The topological polar surface area (TPSA) is 39.7 Å². The number of rotatable bonds is 9. The van der Waals surface area contributed by atoms with Crippen molar-refractivity contribution in [1.29, 1.82) is 0 Å². The van der Waals surface area contributed by atoms with Crippen molar-refractivity contribution in [3.8, 4) is 17.2 Å². The number of ether oxygens (including phenoxy) is 3. The molecule has 0 bridgehead atoms. The lowest BCUT2D eigenvalue weighted by atomic mass is 10.1. The second-order valence-corrected chi connectivity index (χ2v) is 6.67. The summed E-state index contributed by atoms with van der Waals surface area (Å²) in [5, 5.41) is 3.45. The molecule has 0 amide bonds. The summed E-state index contributed by atoms with van der Waals surface area (Å²) in [5.74, 6) is 2.38. The van der Waals surface area contributed by atoms with Crippen LogP contribution in [0.15, 0.2) is 66.7 Å². The Labute approximate surface area is 167 Å². The number of hydrogen-bond acceptors (Lipinski definition) is 4. The van der Waals surface area contributed by atoms with E-state index in [0.717, 1.165) is 47.0 Å². The van der Waals surface area contributed by atoms with E-state index in [-0.39, 0.29) is 0 Å². The van der Waals surface area contributed by atoms with Gasteiger partial charge in [0.1, 0.15) is 12.4 Å². The molecule has 0 aliphatic carbocycles. The average Bonchev–Trinajstić information content (AvgIpc) is 2.74. The molecule has 0 atom stereocenters. The van der Waals surface area contributed by atoms with Gasteiger partial charge in [0.15, 0.2) is 11.5 Å². The lowest BCUT2D eigenvalue weighted by Crippen LogP contribution is -2.13. The predicted molar refractivity (Wildman–Crippen MR) is 112 cm³/mol. The smallest absolute Gasteiger partial charge is 0.161 e. The molecule has 0 unspecified atom stereocenters. The van der Waals surface area contributed by atoms with Gasteiger partial charge >= 0.3 is 0 Å². The summed E-state index contributed by atoms with van der Waals surface area (Å²) in [6, 6.07) is 22.4. The Balaban J connectivity index is 1.58. The fraction of sp³-hybridized carbons (Fsp3) is 0.250. The van der Waals surface area contributed by atoms with E-state index in [1.54, 1.807) is 14.2 Å². The SMILES string of the molecule is COc1ccccc1CNCc1ccc(OCc2ccc(C)cc2)c(OC)c1. The van der Waals surface area contributed by atoms with E-state index in [9.17, 15) is 0 Å². The van der Waals surface area contributed by atoms with Crippen LogP contribution in [0.5, 0.6) is 17.2 Å². The molecule has 0 aliphatic heterocycles. The van der Waals surface area contributed by atoms with Crippen LogP contribution < -0.4 is 19.5 Å². The van der Waals surface area contributed by atoms with E-state index in [4.69, 9.17) is 14.2 Å². The molecule has 0 spiro atoms. The monoisotopic (exact) mass is 377 g/mol. The van der Waals surface area contributed by atoms with Gasteiger partial charge in [0.2, 0.25) is 0 Å². The number of benzene rings is 3. The standard InChI is InChI=1S/C24H27NO3/c1-18-8-10-19(11-9-18)17-28-23-13-12-20(14-24(23)27-3)15-25-16-21-6-4-5-7-22(21)26-2/h4-14,25H,15-17H2,1-3H3. The predicted octanol–water partition coefficient (Wildman–Crippen LogP) is 4.88. The van der Waals surface area contributed by atoms with E-state index in [0.29, 0.717) is 6.61 Å². The maximum atomic E-state index is 5.95. The van der Waals surface area contributed by atoms with Crippen LogP contribution in [0.4, 0.5) is 0 Å². The highest BCUT2D eigenvalue weighted by Crippen LogP contribution is 2.29. The van der Waals surface area contributed by atoms with Crippen molar-refractivity contribution >= 4 is 0 Å². The van der Waals surface area contributed by atoms with E-state index >= 15 is 0 Å². The zero-order valence-corrected chi connectivity index (χ0v) is 16.7. The van der Waals surface area contributed by atoms with Crippen LogP contribution >= 0.6 is 0 Å². The second kappa shape index (κ2) is 9.81. The van der Waals surface area contributed by atoms with E-state index in [1.807, 2.05) is 30.3 Å². The third kappa shape index (κ3) is 5.27. The molecular formula is C24H27NO3. The average molecular weight is 377 g/mol. The lowest BCUT2D eigenvalue weighted by molar-refractivity contribution is 0.284. The van der Waals surface area contributed by atoms with Gasteiger partial charge in [-0.25, -0.2) is 0 Å². The molecule has 0 aliphatic rings. The molecule has 0 heterocycles. The highest BCUT2D eigenvalue weighted by Gasteiger charge is 2.07. The highest BCUT2D eigenvalue weighted by molar-refractivity contribution is 5.43. The summed E-state index contributed by atoms with van der Waals surface area (Å²) in [7, 11) is 3.36. The number of para-hydroxylation sites is 1. The Bertz CT molecular complexity index is 891. The van der Waals surface area contributed by atoms with Gasteiger partial charge in [0.05, 0.1) is 14.2 Å². The molecule has 4 nitrogen and oxygen atoms in total. The highest BCUT2D eigenvalue weighted by atomic mass is 16.5. The van der Waals surface area contributed by atoms with Crippen molar-refractivity contribution in [1.82, 2.24) is 5.32 Å². The quantitative estimate of drug-likeness (QED) is 0.577. The Hall–Kier alpha value is -2.98. The molecule has 0 aromatic heterocycles. The first-order valence-electron chi connectivity index (χ1n) is 9.37. The Morgan fingerprint density at radius 3 is 2.18 bits per heavy atom. The van der Waals surface area contributed by atoms with Gasteiger partial charge < -0.3 is 19.5 Å². The minimum absolute atomic E-state index is 0.516. The minimum Gasteiger partial charge on any atom is -0.496 e. The first-order chi connectivity index (χ1) is 13.7. The summed E-state index contributed by atoms with van der Waals surface area (Å²) < 4.78 is 16.9. The van der Waals surface area contributed by atoms with Gasteiger partial charge in [-0.3, -0.25) is 0 Å². The summed E-state index contributed by atoms with van der Waals surface area (Å²) >= 11 is 0. The molecule has 4 heteroatoms. The first-order valence-corrected chi connectivity index (χ1v) is 9.37. The first kappa shape index (κ1) is 19.8. The molecule has 146 valence electrons. The van der Waals surface area contributed by atoms with Crippen molar-refractivity contribution in [3.63, 3.8) is 0 Å². The fourth-order valence-corrected chi connectivity index (χ4v) is 2.98. The van der Waals surface area contributed by atoms with Gasteiger partial charge in [-0.1, -0.05) is 54.1 Å². The van der Waals surface area contributed by atoms with Gasteiger partial charge in [0, 0.05) is 18.7 Å². The molecule has 0 radical (unpaired) electrons. The number of hydrogen-bond donors (Lipinski definition) is 1. The zero-order chi connectivity index (χ0) is 19.8. The molecule has 28 heavy (non-hydrogen) atoms. The fourth-order valence-electron chi connectivity index (χ4n) is 2.98. The van der Waals surface area contributed by atoms with Gasteiger partial charge in [-0.2, -0.15) is 0 Å².